The summed E-state index contributed by atoms with van der Waals surface area (Å²) in [6.07, 6.45) is 0. The van der Waals surface area contributed by atoms with E-state index in [-0.39, 0.29) is 8.46 Å². The molecule has 0 bridgehead atoms. The molecule has 0 aliphatic heterocycles. The van der Waals surface area contributed by atoms with E-state index in [2.05, 4.69) is 0 Å². The van der Waals surface area contributed by atoms with Crippen molar-refractivity contribution in [2.45, 2.75) is 13.8 Å². The monoisotopic (exact) mass is 266 g/mol. The Morgan fingerprint density at radius 3 is 2.40 bits per heavy atom. The molecule has 1 heterocycles. The van der Waals surface area contributed by atoms with Gasteiger partial charge in [-0.3, -0.25) is 9.13 Å². The predicted octanol–water partition coefficient (Wildman–Crippen LogP) is 2.56. The molecule has 15 heavy (non-hydrogen) atoms. The highest BCUT2D eigenvalue weighted by atomic mass is 32.1. The summed E-state index contributed by atoms with van der Waals surface area (Å²) in [6, 6.07) is 0. The Kier molecular flexibility index (Phi) is 5.10. The molecule has 0 fully saturated rings. The summed E-state index contributed by atoms with van der Waals surface area (Å²) >= 11 is 1.33. The molecule has 0 aromatic carbocycles. The average molecular weight is 266 g/mol. The van der Waals surface area contributed by atoms with Gasteiger partial charge in [0, 0.05) is 10.8 Å². The van der Waals surface area contributed by atoms with Gasteiger partial charge in [0.15, 0.2) is 8.46 Å². The standard InChI is InChI=1S/C8H12O4P2S/c1-3-11-14(10,12-4-2)8-6-15-5-7(8)13-9/h5-6H,3-4H2,1-2H3. The lowest BCUT2D eigenvalue weighted by Crippen LogP contribution is -2.18. The summed E-state index contributed by atoms with van der Waals surface area (Å²) in [5, 5.41) is 4.22. The van der Waals surface area contributed by atoms with Crippen molar-refractivity contribution in [2.75, 3.05) is 13.2 Å². The van der Waals surface area contributed by atoms with Crippen molar-refractivity contribution in [3.05, 3.63) is 10.8 Å². The molecule has 1 rings (SSSR count). The van der Waals surface area contributed by atoms with Crippen LogP contribution in [-0.4, -0.2) is 13.2 Å². The molecule has 1 aromatic heterocycles. The van der Waals surface area contributed by atoms with Gasteiger partial charge in [-0.1, -0.05) is 0 Å². The first-order valence-electron chi connectivity index (χ1n) is 4.47. The third kappa shape index (κ3) is 2.96. The first kappa shape index (κ1) is 13.0. The second kappa shape index (κ2) is 5.88. The molecule has 84 valence electrons. The van der Waals surface area contributed by atoms with E-state index < -0.39 is 7.60 Å². The Hall–Kier alpha value is -0.0500. The van der Waals surface area contributed by atoms with Gasteiger partial charge in [-0.05, 0) is 13.8 Å². The van der Waals surface area contributed by atoms with Gasteiger partial charge in [0.2, 0.25) is 0 Å². The van der Waals surface area contributed by atoms with E-state index in [4.69, 9.17) is 9.05 Å². The van der Waals surface area contributed by atoms with E-state index in [1.165, 1.54) is 11.3 Å². The molecular weight excluding hydrogens is 254 g/mol. The molecule has 0 aliphatic rings. The first-order valence-corrected chi connectivity index (χ1v) is 7.77. The van der Waals surface area contributed by atoms with Gasteiger partial charge in [-0.25, -0.2) is 0 Å². The molecule has 0 aliphatic carbocycles. The second-order valence-electron chi connectivity index (χ2n) is 2.57. The molecule has 0 radical (unpaired) electrons. The minimum absolute atomic E-state index is 0.164. The van der Waals surface area contributed by atoms with Gasteiger partial charge in [0.05, 0.1) is 23.8 Å². The molecule has 0 saturated heterocycles. The first-order chi connectivity index (χ1) is 7.18. The van der Waals surface area contributed by atoms with Crippen molar-refractivity contribution >= 4 is 38.0 Å². The van der Waals surface area contributed by atoms with Crippen molar-refractivity contribution < 1.29 is 18.2 Å². The van der Waals surface area contributed by atoms with Gasteiger partial charge in [0.25, 0.3) is 0 Å². The van der Waals surface area contributed by atoms with Gasteiger partial charge in [0.1, 0.15) is 0 Å². The number of thiophene rings is 1. The maximum atomic E-state index is 12.3. The second-order valence-corrected chi connectivity index (χ2v) is 5.97. The summed E-state index contributed by atoms with van der Waals surface area (Å²) < 4.78 is 33.4. The van der Waals surface area contributed by atoms with Gasteiger partial charge in [-0.15, -0.1) is 0 Å². The van der Waals surface area contributed by atoms with Crippen LogP contribution in [0.2, 0.25) is 0 Å². The van der Waals surface area contributed by atoms with Crippen molar-refractivity contribution in [1.29, 1.82) is 0 Å². The van der Waals surface area contributed by atoms with Crippen LogP contribution in [-0.2, 0) is 18.2 Å². The van der Waals surface area contributed by atoms with Crippen molar-refractivity contribution in [1.82, 2.24) is 0 Å². The molecule has 0 amide bonds. The number of rotatable bonds is 6. The number of hydrogen-bond acceptors (Lipinski definition) is 5. The van der Waals surface area contributed by atoms with E-state index >= 15 is 0 Å². The van der Waals surface area contributed by atoms with E-state index in [1.807, 2.05) is 0 Å². The lowest BCUT2D eigenvalue weighted by atomic mass is 10.7. The van der Waals surface area contributed by atoms with Crippen molar-refractivity contribution in [2.24, 2.45) is 0 Å². The minimum atomic E-state index is -3.27. The van der Waals surface area contributed by atoms with Gasteiger partial charge >= 0.3 is 7.60 Å². The fourth-order valence-electron chi connectivity index (χ4n) is 1.07. The van der Waals surface area contributed by atoms with Gasteiger partial charge < -0.3 is 9.05 Å². The molecule has 0 atom stereocenters. The molecule has 4 nitrogen and oxygen atoms in total. The SMILES string of the molecule is CCOP(=O)(OCC)c1cscc1P=O. The fourth-order valence-corrected chi connectivity index (χ4v) is 4.91. The number of hydrogen-bond donors (Lipinski definition) is 0. The quantitative estimate of drug-likeness (QED) is 0.742. The Labute approximate surface area is 94.3 Å². The third-order valence-corrected chi connectivity index (χ3v) is 5.61. The van der Waals surface area contributed by atoms with E-state index in [0.717, 1.165) is 0 Å². The van der Waals surface area contributed by atoms with Crippen LogP contribution < -0.4 is 10.6 Å². The minimum Gasteiger partial charge on any atom is -0.305 e. The topological polar surface area (TPSA) is 52.6 Å². The highest BCUT2D eigenvalue weighted by Crippen LogP contribution is 2.47. The highest BCUT2D eigenvalue weighted by molar-refractivity contribution is 7.64. The van der Waals surface area contributed by atoms with Gasteiger partial charge in [-0.2, -0.15) is 11.3 Å². The molecule has 7 heteroatoms. The molecule has 0 saturated carbocycles. The maximum absolute atomic E-state index is 12.3. The van der Waals surface area contributed by atoms with Crippen LogP contribution >= 0.6 is 27.4 Å². The van der Waals surface area contributed by atoms with Crippen molar-refractivity contribution in [3.8, 4) is 0 Å². The fraction of sp³-hybridized carbons (Fsp3) is 0.500. The van der Waals surface area contributed by atoms with E-state index in [9.17, 15) is 9.13 Å². The van der Waals surface area contributed by atoms with Crippen LogP contribution in [0, 0.1) is 0 Å². The van der Waals surface area contributed by atoms with Crippen LogP contribution in [0.25, 0.3) is 0 Å². The zero-order valence-electron chi connectivity index (χ0n) is 8.50. The predicted molar refractivity (Wildman–Crippen MR) is 62.1 cm³/mol. The Morgan fingerprint density at radius 2 is 1.93 bits per heavy atom. The van der Waals surface area contributed by atoms with Crippen LogP contribution in [0.5, 0.6) is 0 Å². The summed E-state index contributed by atoms with van der Waals surface area (Å²) in [7, 11) is -3.44. The molecule has 0 unspecified atom stereocenters. The highest BCUT2D eigenvalue weighted by Gasteiger charge is 2.30. The summed E-state index contributed by atoms with van der Waals surface area (Å²) in [4.78, 5) is 0. The zero-order chi connectivity index (χ0) is 11.3. The molecule has 1 aromatic rings. The van der Waals surface area contributed by atoms with E-state index in [0.29, 0.717) is 23.8 Å². The molecule has 0 N–H and O–H groups in total. The molecule has 0 spiro atoms. The lowest BCUT2D eigenvalue weighted by molar-refractivity contribution is 0.230. The van der Waals surface area contributed by atoms with Crippen LogP contribution in [0.15, 0.2) is 10.8 Å². The Bertz CT molecular complexity index is 366. The Balaban J connectivity index is 3.08. The largest absolute Gasteiger partial charge is 0.363 e. The Morgan fingerprint density at radius 1 is 1.33 bits per heavy atom. The molecular formula is C8H12O4P2S. The summed E-state index contributed by atoms with van der Waals surface area (Å²) in [5.41, 5.74) is 0. The van der Waals surface area contributed by atoms with Crippen molar-refractivity contribution in [3.63, 3.8) is 0 Å². The van der Waals surface area contributed by atoms with Crippen LogP contribution in [0.4, 0.5) is 0 Å². The van der Waals surface area contributed by atoms with E-state index in [1.54, 1.807) is 24.6 Å². The lowest BCUT2D eigenvalue weighted by Gasteiger charge is -2.15. The average Bonchev–Trinajstić information content (AvgIpc) is 2.66. The van der Waals surface area contributed by atoms with Crippen LogP contribution in [0.1, 0.15) is 13.8 Å². The smallest absolute Gasteiger partial charge is 0.305 e. The third-order valence-electron chi connectivity index (χ3n) is 1.61. The maximum Gasteiger partial charge on any atom is 0.363 e. The summed E-state index contributed by atoms with van der Waals surface area (Å²) in [6.45, 7) is 4.07. The zero-order valence-corrected chi connectivity index (χ0v) is 11.1. The normalized spacial score (nSPS) is 12.1. The summed E-state index contributed by atoms with van der Waals surface area (Å²) in [5.74, 6) is 0. The van der Waals surface area contributed by atoms with Crippen LogP contribution in [0.3, 0.4) is 0 Å².